The third kappa shape index (κ3) is 3.82. The number of anilines is 1. The fourth-order valence-corrected chi connectivity index (χ4v) is 2.05. The lowest BCUT2D eigenvalue weighted by atomic mass is 10.2. The molecule has 0 unspecified atom stereocenters. The zero-order valence-corrected chi connectivity index (χ0v) is 12.4. The van der Waals surface area contributed by atoms with Crippen molar-refractivity contribution in [1.29, 1.82) is 0 Å². The van der Waals surface area contributed by atoms with Crippen LogP contribution in [-0.2, 0) is 6.54 Å². The molecule has 3 rings (SSSR count). The Kier molecular flexibility index (Phi) is 4.30. The Morgan fingerprint density at radius 1 is 1.05 bits per heavy atom. The van der Waals surface area contributed by atoms with Gasteiger partial charge in [-0.05, 0) is 48.4 Å². The van der Waals surface area contributed by atoms with E-state index in [2.05, 4.69) is 15.3 Å². The monoisotopic (exact) mass is 291 g/mol. The van der Waals surface area contributed by atoms with Crippen molar-refractivity contribution in [3.63, 3.8) is 0 Å². The summed E-state index contributed by atoms with van der Waals surface area (Å²) in [4.78, 5) is 8.32. The van der Waals surface area contributed by atoms with Crippen LogP contribution in [0.4, 0.5) is 5.69 Å². The van der Waals surface area contributed by atoms with Crippen molar-refractivity contribution < 1.29 is 4.74 Å². The molecule has 0 fully saturated rings. The number of hydrogen-bond acceptors (Lipinski definition) is 4. The third-order valence-electron chi connectivity index (χ3n) is 3.19. The number of ether oxygens (including phenoxy) is 1. The highest BCUT2D eigenvalue weighted by Gasteiger charge is 2.00. The summed E-state index contributed by atoms with van der Waals surface area (Å²) in [5.74, 6) is 1.38. The van der Waals surface area contributed by atoms with Gasteiger partial charge in [0.15, 0.2) is 0 Å². The Balaban J connectivity index is 1.60. The molecule has 110 valence electrons. The molecular weight excluding hydrogens is 274 g/mol. The number of nitrogens with one attached hydrogen (secondary N) is 1. The maximum absolute atomic E-state index is 5.73. The van der Waals surface area contributed by atoms with Gasteiger partial charge in [0.1, 0.15) is 5.75 Å². The van der Waals surface area contributed by atoms with Crippen molar-refractivity contribution in [1.82, 2.24) is 9.97 Å². The van der Waals surface area contributed by atoms with E-state index in [0.717, 1.165) is 23.5 Å². The first-order chi connectivity index (χ1) is 10.8. The van der Waals surface area contributed by atoms with E-state index in [1.54, 1.807) is 18.6 Å². The van der Waals surface area contributed by atoms with Gasteiger partial charge in [0, 0.05) is 25.0 Å². The Labute approximate surface area is 129 Å². The van der Waals surface area contributed by atoms with Crippen LogP contribution in [0.15, 0.2) is 67.1 Å². The minimum absolute atomic E-state index is 0.583. The van der Waals surface area contributed by atoms with Gasteiger partial charge in [-0.25, -0.2) is 4.98 Å². The molecule has 1 aromatic carbocycles. The summed E-state index contributed by atoms with van der Waals surface area (Å²) in [5, 5.41) is 3.32. The molecule has 0 saturated heterocycles. The van der Waals surface area contributed by atoms with Crippen LogP contribution in [0.1, 0.15) is 11.1 Å². The van der Waals surface area contributed by atoms with Crippen LogP contribution in [0.25, 0.3) is 0 Å². The van der Waals surface area contributed by atoms with E-state index in [9.17, 15) is 0 Å². The van der Waals surface area contributed by atoms with E-state index in [4.69, 9.17) is 4.74 Å². The molecule has 0 radical (unpaired) electrons. The number of nitrogens with zero attached hydrogens (tertiary/aromatic N) is 2. The summed E-state index contributed by atoms with van der Waals surface area (Å²) >= 11 is 0. The number of benzene rings is 1. The second-order valence-electron chi connectivity index (χ2n) is 5.01. The molecule has 0 aliphatic carbocycles. The lowest BCUT2D eigenvalue weighted by Gasteiger charge is -2.08. The normalized spacial score (nSPS) is 10.2. The minimum Gasteiger partial charge on any atom is -0.439 e. The Bertz CT molecular complexity index is 727. The van der Waals surface area contributed by atoms with Crippen molar-refractivity contribution in [2.45, 2.75) is 13.5 Å². The van der Waals surface area contributed by atoms with Crippen molar-refractivity contribution in [3.05, 3.63) is 78.2 Å². The van der Waals surface area contributed by atoms with Crippen molar-refractivity contribution in [2.24, 2.45) is 0 Å². The lowest BCUT2D eigenvalue weighted by Crippen LogP contribution is -2.00. The van der Waals surface area contributed by atoms with Gasteiger partial charge in [-0.15, -0.1) is 0 Å². The number of rotatable bonds is 5. The fourth-order valence-electron chi connectivity index (χ4n) is 2.05. The van der Waals surface area contributed by atoms with Gasteiger partial charge in [-0.3, -0.25) is 4.98 Å². The van der Waals surface area contributed by atoms with Crippen LogP contribution in [-0.4, -0.2) is 9.97 Å². The summed E-state index contributed by atoms with van der Waals surface area (Å²) in [6.07, 6.45) is 5.34. The average Bonchev–Trinajstić information content (AvgIpc) is 2.55. The number of hydrogen-bond donors (Lipinski definition) is 1. The van der Waals surface area contributed by atoms with Gasteiger partial charge in [0.05, 0.1) is 11.9 Å². The lowest BCUT2D eigenvalue weighted by molar-refractivity contribution is 0.463. The number of aromatic nitrogens is 2. The molecule has 4 nitrogen and oxygen atoms in total. The Morgan fingerprint density at radius 3 is 2.64 bits per heavy atom. The molecule has 0 saturated carbocycles. The highest BCUT2D eigenvalue weighted by atomic mass is 16.5. The molecule has 2 aromatic heterocycles. The predicted octanol–water partition coefficient (Wildman–Crippen LogP) is 4.19. The van der Waals surface area contributed by atoms with Gasteiger partial charge >= 0.3 is 0 Å². The first kappa shape index (κ1) is 14.1. The standard InChI is InChI=1S/C18H17N3O/c1-14-3-2-4-17(11-14)22-18-6-5-16(13-21-18)20-12-15-7-9-19-10-8-15/h2-11,13,20H,12H2,1H3. The molecule has 2 heterocycles. The molecule has 0 aliphatic heterocycles. The molecule has 4 heteroatoms. The summed E-state index contributed by atoms with van der Waals surface area (Å²) < 4.78 is 5.73. The average molecular weight is 291 g/mol. The Hall–Kier alpha value is -2.88. The molecule has 3 aromatic rings. The molecule has 0 aliphatic rings. The predicted molar refractivity (Wildman–Crippen MR) is 87.1 cm³/mol. The summed E-state index contributed by atoms with van der Waals surface area (Å²) in [7, 11) is 0. The summed E-state index contributed by atoms with van der Waals surface area (Å²) in [5.41, 5.74) is 3.29. The molecule has 0 atom stereocenters. The maximum Gasteiger partial charge on any atom is 0.219 e. The van der Waals surface area contributed by atoms with Gasteiger partial charge in [0.2, 0.25) is 5.88 Å². The van der Waals surface area contributed by atoms with Gasteiger partial charge in [0.25, 0.3) is 0 Å². The smallest absolute Gasteiger partial charge is 0.219 e. The highest BCUT2D eigenvalue weighted by molar-refractivity contribution is 5.43. The van der Waals surface area contributed by atoms with E-state index in [1.165, 1.54) is 5.56 Å². The molecule has 22 heavy (non-hydrogen) atoms. The van der Waals surface area contributed by atoms with Gasteiger partial charge in [-0.1, -0.05) is 12.1 Å². The van der Waals surface area contributed by atoms with Crippen LogP contribution in [0.3, 0.4) is 0 Å². The minimum atomic E-state index is 0.583. The molecular formula is C18H17N3O. The largest absolute Gasteiger partial charge is 0.439 e. The van der Waals surface area contributed by atoms with E-state index in [-0.39, 0.29) is 0 Å². The Morgan fingerprint density at radius 2 is 1.91 bits per heavy atom. The number of pyridine rings is 2. The maximum atomic E-state index is 5.73. The molecule has 0 amide bonds. The topological polar surface area (TPSA) is 47.0 Å². The van der Waals surface area contributed by atoms with Crippen LogP contribution < -0.4 is 10.1 Å². The first-order valence-electron chi connectivity index (χ1n) is 7.13. The fraction of sp³-hybridized carbons (Fsp3) is 0.111. The van der Waals surface area contributed by atoms with Crippen LogP contribution in [0, 0.1) is 6.92 Å². The quantitative estimate of drug-likeness (QED) is 0.765. The molecule has 0 spiro atoms. The number of aryl methyl sites for hydroxylation is 1. The summed E-state index contributed by atoms with van der Waals surface area (Å²) in [6.45, 7) is 2.77. The van der Waals surface area contributed by atoms with Crippen LogP contribution >= 0.6 is 0 Å². The van der Waals surface area contributed by atoms with Crippen LogP contribution in [0.2, 0.25) is 0 Å². The molecule has 1 N–H and O–H groups in total. The van der Waals surface area contributed by atoms with E-state index in [0.29, 0.717) is 5.88 Å². The summed E-state index contributed by atoms with van der Waals surface area (Å²) in [6, 6.07) is 15.7. The van der Waals surface area contributed by atoms with Crippen LogP contribution in [0.5, 0.6) is 11.6 Å². The second-order valence-corrected chi connectivity index (χ2v) is 5.01. The van der Waals surface area contributed by atoms with E-state index in [1.807, 2.05) is 55.5 Å². The third-order valence-corrected chi connectivity index (χ3v) is 3.19. The van der Waals surface area contributed by atoms with Crippen molar-refractivity contribution >= 4 is 5.69 Å². The van der Waals surface area contributed by atoms with Gasteiger partial charge < -0.3 is 10.1 Å². The molecule has 0 bridgehead atoms. The first-order valence-corrected chi connectivity index (χ1v) is 7.13. The van der Waals surface area contributed by atoms with Crippen molar-refractivity contribution in [3.8, 4) is 11.6 Å². The van der Waals surface area contributed by atoms with Gasteiger partial charge in [-0.2, -0.15) is 0 Å². The van der Waals surface area contributed by atoms with E-state index >= 15 is 0 Å². The highest BCUT2D eigenvalue weighted by Crippen LogP contribution is 2.21. The zero-order chi connectivity index (χ0) is 15.2. The SMILES string of the molecule is Cc1cccc(Oc2ccc(NCc3ccncc3)cn2)c1. The van der Waals surface area contributed by atoms with Crippen molar-refractivity contribution in [2.75, 3.05) is 5.32 Å². The van der Waals surface area contributed by atoms with E-state index < -0.39 is 0 Å². The zero-order valence-electron chi connectivity index (χ0n) is 12.4. The second kappa shape index (κ2) is 6.72.